The van der Waals surface area contributed by atoms with Crippen LogP contribution >= 0.6 is 0 Å². The van der Waals surface area contributed by atoms with E-state index < -0.39 is 36.6 Å². The summed E-state index contributed by atoms with van der Waals surface area (Å²) in [5, 5.41) is 40.1. The molecule has 0 bridgehead atoms. The standard InChI is InChI=1S/C40H78O8/c1-5-7-9-19-25-33(4)27-20-14-11-10-12-17-23-29-46-30-34(31-47-40-38(44)36(42)37(43)39(40)45)48-35(41)28-22-16-13-15-21-26-32(3)24-18-8-6-2/h32-34,36-40,42-45H,5-31H2,1-4H3. The van der Waals surface area contributed by atoms with E-state index in [1.54, 1.807) is 0 Å². The van der Waals surface area contributed by atoms with Gasteiger partial charge in [0.05, 0.1) is 13.2 Å². The number of esters is 1. The van der Waals surface area contributed by atoms with Crippen molar-refractivity contribution in [3.63, 3.8) is 0 Å². The third-order valence-electron chi connectivity index (χ3n) is 10.2. The first-order chi connectivity index (χ1) is 23.2. The van der Waals surface area contributed by atoms with Gasteiger partial charge in [0.2, 0.25) is 0 Å². The Hall–Kier alpha value is -0.770. The Bertz CT molecular complexity index is 722. The fourth-order valence-corrected chi connectivity index (χ4v) is 6.81. The minimum absolute atomic E-state index is 0.0994. The molecule has 0 aliphatic heterocycles. The Balaban J connectivity index is 2.27. The van der Waals surface area contributed by atoms with E-state index in [1.165, 1.54) is 116 Å². The molecular formula is C40H78O8. The molecule has 1 fully saturated rings. The van der Waals surface area contributed by atoms with Crippen LogP contribution < -0.4 is 0 Å². The van der Waals surface area contributed by atoms with Crippen molar-refractivity contribution in [2.45, 2.75) is 218 Å². The van der Waals surface area contributed by atoms with E-state index in [9.17, 15) is 25.2 Å². The average Bonchev–Trinajstić information content (AvgIpc) is 3.25. The first-order valence-corrected chi connectivity index (χ1v) is 20.3. The van der Waals surface area contributed by atoms with Gasteiger partial charge in [-0.1, -0.05) is 163 Å². The smallest absolute Gasteiger partial charge is 0.306 e. The van der Waals surface area contributed by atoms with Gasteiger partial charge >= 0.3 is 5.97 Å². The zero-order chi connectivity index (χ0) is 35.4. The summed E-state index contributed by atoms with van der Waals surface area (Å²) in [5.74, 6) is 1.34. The van der Waals surface area contributed by atoms with Crippen molar-refractivity contribution >= 4 is 5.97 Å². The van der Waals surface area contributed by atoms with Gasteiger partial charge < -0.3 is 34.6 Å². The average molecular weight is 687 g/mol. The van der Waals surface area contributed by atoms with Gasteiger partial charge in [-0.25, -0.2) is 0 Å². The first-order valence-electron chi connectivity index (χ1n) is 20.3. The zero-order valence-electron chi connectivity index (χ0n) is 31.6. The molecule has 1 saturated carbocycles. The van der Waals surface area contributed by atoms with Gasteiger partial charge in [-0.3, -0.25) is 4.79 Å². The summed E-state index contributed by atoms with van der Waals surface area (Å²) in [4.78, 5) is 12.7. The van der Waals surface area contributed by atoms with Crippen LogP contribution in [0.3, 0.4) is 0 Å². The molecule has 0 spiro atoms. The Labute approximate surface area is 295 Å². The van der Waals surface area contributed by atoms with E-state index in [1.807, 2.05) is 0 Å². The maximum Gasteiger partial charge on any atom is 0.306 e. The third kappa shape index (κ3) is 22.1. The molecule has 4 N–H and O–H groups in total. The van der Waals surface area contributed by atoms with Crippen LogP contribution in [-0.2, 0) is 19.0 Å². The lowest BCUT2D eigenvalue weighted by Gasteiger charge is -2.24. The summed E-state index contributed by atoms with van der Waals surface area (Å²) < 4.78 is 17.2. The van der Waals surface area contributed by atoms with Crippen molar-refractivity contribution in [3.8, 4) is 0 Å². The number of hydrogen-bond donors (Lipinski definition) is 4. The fraction of sp³-hybridized carbons (Fsp3) is 0.975. The molecule has 0 saturated heterocycles. The van der Waals surface area contributed by atoms with Gasteiger partial charge in [0.25, 0.3) is 0 Å². The molecule has 286 valence electrons. The Morgan fingerprint density at radius 3 is 1.48 bits per heavy atom. The van der Waals surface area contributed by atoms with Crippen LogP contribution in [0.25, 0.3) is 0 Å². The maximum absolute atomic E-state index is 12.7. The highest BCUT2D eigenvalue weighted by molar-refractivity contribution is 5.69. The molecule has 7 atom stereocenters. The Morgan fingerprint density at radius 2 is 0.958 bits per heavy atom. The topological polar surface area (TPSA) is 126 Å². The second kappa shape index (κ2) is 29.9. The van der Waals surface area contributed by atoms with E-state index >= 15 is 0 Å². The molecule has 1 aliphatic rings. The van der Waals surface area contributed by atoms with Gasteiger partial charge in [-0.15, -0.1) is 0 Å². The van der Waals surface area contributed by atoms with Crippen LogP contribution in [0.15, 0.2) is 0 Å². The molecule has 0 amide bonds. The second-order valence-electron chi connectivity index (χ2n) is 15.1. The predicted molar refractivity (Wildman–Crippen MR) is 195 cm³/mol. The van der Waals surface area contributed by atoms with Crippen LogP contribution in [0.5, 0.6) is 0 Å². The lowest BCUT2D eigenvalue weighted by Crippen LogP contribution is -2.39. The molecule has 48 heavy (non-hydrogen) atoms. The summed E-state index contributed by atoms with van der Waals surface area (Å²) in [6.45, 7) is 9.89. The molecule has 0 aromatic heterocycles. The molecule has 7 unspecified atom stereocenters. The Morgan fingerprint density at radius 1 is 0.542 bits per heavy atom. The zero-order valence-corrected chi connectivity index (χ0v) is 31.6. The van der Waals surface area contributed by atoms with Crippen LogP contribution in [-0.4, -0.2) is 82.8 Å². The molecule has 0 radical (unpaired) electrons. The Kier molecular flexibility index (Phi) is 28.2. The lowest BCUT2D eigenvalue weighted by molar-refractivity contribution is -0.163. The summed E-state index contributed by atoms with van der Waals surface area (Å²) in [6, 6.07) is 0. The number of carbonyl (C=O) groups excluding carboxylic acids is 1. The van der Waals surface area contributed by atoms with Crippen LogP contribution in [0.2, 0.25) is 0 Å². The van der Waals surface area contributed by atoms with Gasteiger partial charge in [-0.05, 0) is 24.7 Å². The number of carbonyl (C=O) groups is 1. The summed E-state index contributed by atoms with van der Waals surface area (Å²) in [7, 11) is 0. The summed E-state index contributed by atoms with van der Waals surface area (Å²) in [5.41, 5.74) is 0. The van der Waals surface area contributed by atoms with Gasteiger partial charge in [0, 0.05) is 13.0 Å². The second-order valence-corrected chi connectivity index (χ2v) is 15.1. The summed E-state index contributed by atoms with van der Waals surface area (Å²) in [6.07, 6.45) is 21.1. The number of aliphatic hydroxyl groups is 4. The van der Waals surface area contributed by atoms with Crippen molar-refractivity contribution < 1.29 is 39.4 Å². The minimum atomic E-state index is -1.49. The highest BCUT2D eigenvalue weighted by Crippen LogP contribution is 2.25. The number of unbranched alkanes of at least 4 members (excludes halogenated alkanes) is 15. The predicted octanol–water partition coefficient (Wildman–Crippen LogP) is 8.43. The van der Waals surface area contributed by atoms with Gasteiger partial charge in [0.1, 0.15) is 36.6 Å². The van der Waals surface area contributed by atoms with Crippen LogP contribution in [0.1, 0.15) is 182 Å². The van der Waals surface area contributed by atoms with Crippen molar-refractivity contribution in [2.24, 2.45) is 11.8 Å². The highest BCUT2D eigenvalue weighted by Gasteiger charge is 2.49. The van der Waals surface area contributed by atoms with Crippen molar-refractivity contribution in [3.05, 3.63) is 0 Å². The van der Waals surface area contributed by atoms with Crippen molar-refractivity contribution in [2.75, 3.05) is 19.8 Å². The minimum Gasteiger partial charge on any atom is -0.457 e. The fourth-order valence-electron chi connectivity index (χ4n) is 6.81. The molecule has 1 rings (SSSR count). The van der Waals surface area contributed by atoms with E-state index in [4.69, 9.17) is 14.2 Å². The van der Waals surface area contributed by atoms with Gasteiger partial charge in [0.15, 0.2) is 0 Å². The van der Waals surface area contributed by atoms with Gasteiger partial charge in [-0.2, -0.15) is 0 Å². The molecule has 8 heteroatoms. The van der Waals surface area contributed by atoms with E-state index in [-0.39, 0.29) is 19.2 Å². The number of aliphatic hydroxyl groups excluding tert-OH is 4. The monoisotopic (exact) mass is 687 g/mol. The lowest BCUT2D eigenvalue weighted by atomic mass is 9.96. The van der Waals surface area contributed by atoms with E-state index in [0.29, 0.717) is 13.0 Å². The number of hydrogen-bond acceptors (Lipinski definition) is 8. The van der Waals surface area contributed by atoms with Crippen molar-refractivity contribution in [1.82, 2.24) is 0 Å². The normalized spacial score (nSPS) is 23.0. The van der Waals surface area contributed by atoms with Crippen molar-refractivity contribution in [1.29, 1.82) is 0 Å². The van der Waals surface area contributed by atoms with E-state index in [2.05, 4.69) is 27.7 Å². The summed E-state index contributed by atoms with van der Waals surface area (Å²) >= 11 is 0. The maximum atomic E-state index is 12.7. The number of ether oxygens (including phenoxy) is 3. The largest absolute Gasteiger partial charge is 0.457 e. The number of rotatable bonds is 33. The highest BCUT2D eigenvalue weighted by atomic mass is 16.6. The molecule has 8 nitrogen and oxygen atoms in total. The quantitative estimate of drug-likeness (QED) is 0.0401. The first kappa shape index (κ1) is 45.3. The molecular weight excluding hydrogens is 608 g/mol. The van der Waals surface area contributed by atoms with E-state index in [0.717, 1.165) is 43.9 Å². The molecule has 0 aromatic carbocycles. The van der Waals surface area contributed by atoms with Crippen LogP contribution in [0.4, 0.5) is 0 Å². The third-order valence-corrected chi connectivity index (χ3v) is 10.2. The molecule has 0 aromatic rings. The molecule has 0 heterocycles. The SMILES string of the molecule is CCCCCCC(C)CCCCCCCCCOCC(COC1C(O)C(O)C(O)C1O)OC(=O)CCCCCCCC(C)CCCCC. The molecule has 1 aliphatic carbocycles. The van der Waals surface area contributed by atoms with Crippen LogP contribution in [0, 0.1) is 11.8 Å².